The average molecular weight is 329 g/mol. The number of nitrogens with zero attached hydrogens (tertiary/aromatic N) is 3. The number of rotatable bonds is 4. The molecule has 0 N–H and O–H groups in total. The number of hydrogen-bond acceptors (Lipinski definition) is 5. The Kier molecular flexibility index (Phi) is 4.87. The van der Waals surface area contributed by atoms with Gasteiger partial charge in [0.05, 0.1) is 26.4 Å². The van der Waals surface area contributed by atoms with Crippen molar-refractivity contribution in [1.29, 1.82) is 0 Å². The molecule has 6 nitrogen and oxygen atoms in total. The van der Waals surface area contributed by atoms with Crippen molar-refractivity contribution < 1.29 is 14.2 Å². The van der Waals surface area contributed by atoms with Crippen LogP contribution in [0.25, 0.3) is 11.4 Å². The van der Waals surface area contributed by atoms with E-state index in [0.717, 1.165) is 43.3 Å². The number of aromatic nitrogens is 3. The lowest BCUT2D eigenvalue weighted by Gasteiger charge is -2.23. The second-order valence-corrected chi connectivity index (χ2v) is 6.30. The Morgan fingerprint density at radius 3 is 2.58 bits per heavy atom. The molecule has 2 fully saturated rings. The Bertz CT molecular complexity index is 647. The summed E-state index contributed by atoms with van der Waals surface area (Å²) in [6.07, 6.45) is 2.01. The van der Waals surface area contributed by atoms with Gasteiger partial charge in [0.25, 0.3) is 0 Å². The topological polar surface area (TPSA) is 58.4 Å². The third kappa shape index (κ3) is 3.50. The Labute approximate surface area is 141 Å². The van der Waals surface area contributed by atoms with Gasteiger partial charge >= 0.3 is 0 Å². The van der Waals surface area contributed by atoms with Gasteiger partial charge in [-0.05, 0) is 12.8 Å². The van der Waals surface area contributed by atoms with Crippen LogP contribution >= 0.6 is 0 Å². The first-order valence-electron chi connectivity index (χ1n) is 8.67. The van der Waals surface area contributed by atoms with E-state index in [-0.39, 0.29) is 6.10 Å². The zero-order valence-electron chi connectivity index (χ0n) is 13.8. The highest BCUT2D eigenvalue weighted by atomic mass is 16.6. The van der Waals surface area contributed by atoms with Crippen molar-refractivity contribution in [2.75, 3.05) is 33.0 Å². The molecule has 24 heavy (non-hydrogen) atoms. The van der Waals surface area contributed by atoms with Gasteiger partial charge in [0.2, 0.25) is 0 Å². The molecule has 2 aliphatic rings. The van der Waals surface area contributed by atoms with E-state index < -0.39 is 0 Å². The van der Waals surface area contributed by atoms with Crippen LogP contribution in [-0.4, -0.2) is 53.9 Å². The molecule has 0 unspecified atom stereocenters. The Morgan fingerprint density at radius 2 is 1.83 bits per heavy atom. The summed E-state index contributed by atoms with van der Waals surface area (Å²) in [5.74, 6) is 2.21. The van der Waals surface area contributed by atoms with Gasteiger partial charge < -0.3 is 14.2 Å². The fourth-order valence-corrected chi connectivity index (χ4v) is 3.25. The number of benzene rings is 1. The van der Waals surface area contributed by atoms with Gasteiger partial charge in [0.15, 0.2) is 11.6 Å². The summed E-state index contributed by atoms with van der Waals surface area (Å²) in [6.45, 7) is 4.18. The van der Waals surface area contributed by atoms with Gasteiger partial charge in [-0.15, -0.1) is 0 Å². The molecule has 1 atom stereocenters. The quantitative estimate of drug-likeness (QED) is 0.861. The van der Waals surface area contributed by atoms with Crippen molar-refractivity contribution in [2.24, 2.45) is 0 Å². The minimum absolute atomic E-state index is 0.0328. The van der Waals surface area contributed by atoms with E-state index in [1.54, 1.807) is 0 Å². The van der Waals surface area contributed by atoms with E-state index in [9.17, 15) is 0 Å². The second kappa shape index (κ2) is 7.42. The van der Waals surface area contributed by atoms with Gasteiger partial charge in [-0.3, -0.25) is 0 Å². The summed E-state index contributed by atoms with van der Waals surface area (Å²) < 4.78 is 18.8. The van der Waals surface area contributed by atoms with Crippen LogP contribution in [0.2, 0.25) is 0 Å². The van der Waals surface area contributed by atoms with Crippen LogP contribution in [0, 0.1) is 0 Å². The predicted octanol–water partition coefficient (Wildman–Crippen LogP) is 2.25. The Balaban J connectivity index is 1.62. The molecule has 2 aromatic rings. The summed E-state index contributed by atoms with van der Waals surface area (Å²) in [4.78, 5) is 4.87. The molecule has 0 aliphatic carbocycles. The van der Waals surface area contributed by atoms with Gasteiger partial charge in [0.1, 0.15) is 6.10 Å². The molecule has 128 valence electrons. The van der Waals surface area contributed by atoms with Crippen molar-refractivity contribution >= 4 is 0 Å². The molecule has 0 radical (unpaired) electrons. The highest BCUT2D eigenvalue weighted by molar-refractivity contribution is 5.54. The maximum Gasteiger partial charge on any atom is 0.158 e. The van der Waals surface area contributed by atoms with E-state index in [4.69, 9.17) is 24.3 Å². The van der Waals surface area contributed by atoms with E-state index in [2.05, 4.69) is 12.1 Å². The van der Waals surface area contributed by atoms with Crippen LogP contribution in [0.4, 0.5) is 0 Å². The molecule has 6 heteroatoms. The zero-order valence-corrected chi connectivity index (χ0v) is 13.8. The van der Waals surface area contributed by atoms with Crippen LogP contribution in [0.3, 0.4) is 0 Å². The highest BCUT2D eigenvalue weighted by Crippen LogP contribution is 2.27. The van der Waals surface area contributed by atoms with E-state index >= 15 is 0 Å². The van der Waals surface area contributed by atoms with E-state index in [0.29, 0.717) is 32.3 Å². The normalized spacial score (nSPS) is 22.6. The van der Waals surface area contributed by atoms with Crippen LogP contribution in [0.5, 0.6) is 0 Å². The van der Waals surface area contributed by atoms with Gasteiger partial charge in [-0.1, -0.05) is 30.3 Å². The summed E-state index contributed by atoms with van der Waals surface area (Å²) in [7, 11) is 0. The van der Waals surface area contributed by atoms with Crippen LogP contribution in [-0.2, 0) is 20.8 Å². The molecule has 0 bridgehead atoms. The van der Waals surface area contributed by atoms with Crippen LogP contribution in [0.1, 0.15) is 24.6 Å². The smallest absolute Gasteiger partial charge is 0.158 e. The van der Waals surface area contributed by atoms with Crippen molar-refractivity contribution in [3.63, 3.8) is 0 Å². The predicted molar refractivity (Wildman–Crippen MR) is 88.8 cm³/mol. The second-order valence-electron chi connectivity index (χ2n) is 6.30. The van der Waals surface area contributed by atoms with E-state index in [1.165, 1.54) is 0 Å². The lowest BCUT2D eigenvalue weighted by atomic mass is 10.00. The molecule has 1 aromatic carbocycles. The maximum absolute atomic E-state index is 5.79. The molecule has 2 saturated heterocycles. The average Bonchev–Trinajstić information content (AvgIpc) is 3.08. The molecule has 3 heterocycles. The standard InChI is InChI=1S/C18H23N3O3/c1-2-4-15(5-3-1)18-19-17(14-6-8-22-9-7-14)20-21(18)12-16-13-23-10-11-24-16/h1-5,14,16H,6-13H2/t16-/m1/s1. The monoisotopic (exact) mass is 329 g/mol. The first-order chi connectivity index (χ1) is 11.9. The third-order valence-corrected chi connectivity index (χ3v) is 4.57. The highest BCUT2D eigenvalue weighted by Gasteiger charge is 2.24. The molecule has 0 saturated carbocycles. The van der Waals surface area contributed by atoms with Crippen LogP contribution < -0.4 is 0 Å². The van der Waals surface area contributed by atoms with Gasteiger partial charge in [-0.25, -0.2) is 9.67 Å². The largest absolute Gasteiger partial charge is 0.381 e. The van der Waals surface area contributed by atoms with Crippen molar-refractivity contribution in [2.45, 2.75) is 31.4 Å². The summed E-state index contributed by atoms with van der Waals surface area (Å²) in [6, 6.07) is 10.2. The van der Waals surface area contributed by atoms with Crippen molar-refractivity contribution in [3.05, 3.63) is 36.2 Å². The van der Waals surface area contributed by atoms with Crippen molar-refractivity contribution in [3.8, 4) is 11.4 Å². The minimum atomic E-state index is 0.0328. The molecule has 1 aromatic heterocycles. The summed E-state index contributed by atoms with van der Waals surface area (Å²) in [5.41, 5.74) is 1.08. The third-order valence-electron chi connectivity index (χ3n) is 4.57. The molecular formula is C18H23N3O3. The lowest BCUT2D eigenvalue weighted by molar-refractivity contribution is -0.0945. The lowest BCUT2D eigenvalue weighted by Crippen LogP contribution is -2.32. The Hall–Kier alpha value is -1.76. The van der Waals surface area contributed by atoms with Gasteiger partial charge in [0, 0.05) is 24.7 Å². The maximum atomic E-state index is 5.79. The molecule has 0 spiro atoms. The number of hydrogen-bond donors (Lipinski definition) is 0. The molecule has 4 rings (SSSR count). The first kappa shape index (κ1) is 15.7. The van der Waals surface area contributed by atoms with E-state index in [1.807, 2.05) is 22.9 Å². The van der Waals surface area contributed by atoms with Gasteiger partial charge in [-0.2, -0.15) is 5.10 Å². The fraction of sp³-hybridized carbons (Fsp3) is 0.556. The molecular weight excluding hydrogens is 306 g/mol. The van der Waals surface area contributed by atoms with Crippen LogP contribution in [0.15, 0.2) is 30.3 Å². The summed E-state index contributed by atoms with van der Waals surface area (Å²) in [5, 5.41) is 4.82. The SMILES string of the molecule is c1ccc(-c2nc(C3CCOCC3)nn2C[C@@H]2COCCO2)cc1. The fourth-order valence-electron chi connectivity index (χ4n) is 3.25. The zero-order chi connectivity index (χ0) is 16.2. The van der Waals surface area contributed by atoms with Crippen molar-refractivity contribution in [1.82, 2.24) is 14.8 Å². The molecule has 0 amide bonds. The molecule has 2 aliphatic heterocycles. The first-order valence-corrected chi connectivity index (χ1v) is 8.67. The minimum Gasteiger partial charge on any atom is -0.381 e. The Morgan fingerprint density at radius 1 is 1.00 bits per heavy atom. The summed E-state index contributed by atoms with van der Waals surface area (Å²) >= 11 is 0. The number of ether oxygens (including phenoxy) is 3.